The Morgan fingerprint density at radius 1 is 1.33 bits per heavy atom. The SMILES string of the molecule is Cc1cscc1-c1nnc2n1CCNC2C1CC1. The summed E-state index contributed by atoms with van der Waals surface area (Å²) in [5, 5.41) is 16.8. The molecule has 94 valence electrons. The van der Waals surface area contributed by atoms with Crippen LogP contribution >= 0.6 is 11.3 Å². The molecule has 1 saturated carbocycles. The molecule has 2 aliphatic rings. The zero-order valence-corrected chi connectivity index (χ0v) is 11.2. The van der Waals surface area contributed by atoms with Gasteiger partial charge in [0.2, 0.25) is 0 Å². The average molecular weight is 260 g/mol. The third kappa shape index (κ3) is 1.54. The molecule has 2 aromatic heterocycles. The van der Waals surface area contributed by atoms with Gasteiger partial charge < -0.3 is 9.88 Å². The molecule has 1 aliphatic carbocycles. The molecule has 1 aliphatic heterocycles. The highest BCUT2D eigenvalue weighted by atomic mass is 32.1. The van der Waals surface area contributed by atoms with E-state index in [0.29, 0.717) is 6.04 Å². The van der Waals surface area contributed by atoms with Gasteiger partial charge in [0.05, 0.1) is 6.04 Å². The van der Waals surface area contributed by atoms with Crippen LogP contribution in [0.4, 0.5) is 0 Å². The fraction of sp³-hybridized carbons (Fsp3) is 0.538. The highest BCUT2D eigenvalue weighted by Gasteiger charge is 2.37. The molecule has 1 unspecified atom stereocenters. The minimum Gasteiger partial charge on any atom is -0.308 e. The summed E-state index contributed by atoms with van der Waals surface area (Å²) in [5.74, 6) is 2.98. The summed E-state index contributed by atoms with van der Waals surface area (Å²) in [6.45, 7) is 4.16. The van der Waals surface area contributed by atoms with Crippen LogP contribution in [0.15, 0.2) is 10.8 Å². The zero-order valence-electron chi connectivity index (χ0n) is 10.4. The Kier molecular flexibility index (Phi) is 2.32. The van der Waals surface area contributed by atoms with Crippen LogP contribution in [0.5, 0.6) is 0 Å². The number of nitrogens with zero attached hydrogens (tertiary/aromatic N) is 3. The molecule has 0 amide bonds. The number of hydrogen-bond acceptors (Lipinski definition) is 4. The lowest BCUT2D eigenvalue weighted by Crippen LogP contribution is -2.35. The molecule has 4 nitrogen and oxygen atoms in total. The molecule has 2 aromatic rings. The second kappa shape index (κ2) is 3.90. The minimum absolute atomic E-state index is 0.430. The van der Waals surface area contributed by atoms with Crippen molar-refractivity contribution in [3.63, 3.8) is 0 Å². The number of aromatic nitrogens is 3. The Labute approximate surface area is 110 Å². The minimum atomic E-state index is 0.430. The van der Waals surface area contributed by atoms with Gasteiger partial charge in [-0.2, -0.15) is 11.3 Å². The molecule has 1 fully saturated rings. The summed E-state index contributed by atoms with van der Waals surface area (Å²) in [7, 11) is 0. The molecule has 0 radical (unpaired) electrons. The summed E-state index contributed by atoms with van der Waals surface area (Å²) in [6.07, 6.45) is 2.66. The lowest BCUT2D eigenvalue weighted by molar-refractivity contribution is 0.383. The van der Waals surface area contributed by atoms with Crippen LogP contribution < -0.4 is 5.32 Å². The van der Waals surface area contributed by atoms with Crippen molar-refractivity contribution < 1.29 is 0 Å². The molecule has 0 bridgehead atoms. The fourth-order valence-corrected chi connectivity index (χ4v) is 3.61. The molecule has 18 heavy (non-hydrogen) atoms. The standard InChI is InChI=1S/C13H16N4S/c1-8-6-18-7-10(8)12-15-16-13-11(9-2-3-9)14-4-5-17(12)13/h6-7,9,11,14H,2-5H2,1H3. The molecule has 3 heterocycles. The van der Waals surface area contributed by atoms with Crippen molar-refractivity contribution in [2.45, 2.75) is 32.4 Å². The van der Waals surface area contributed by atoms with Crippen molar-refractivity contribution in [1.29, 1.82) is 0 Å². The molecule has 5 heteroatoms. The van der Waals surface area contributed by atoms with E-state index in [0.717, 1.165) is 30.7 Å². The molecule has 1 N–H and O–H groups in total. The van der Waals surface area contributed by atoms with Crippen molar-refractivity contribution in [1.82, 2.24) is 20.1 Å². The van der Waals surface area contributed by atoms with Crippen molar-refractivity contribution in [2.24, 2.45) is 5.92 Å². The van der Waals surface area contributed by atoms with Crippen LogP contribution in [0.2, 0.25) is 0 Å². The third-order valence-corrected chi connectivity index (χ3v) is 4.81. The van der Waals surface area contributed by atoms with Gasteiger partial charge in [0.1, 0.15) is 0 Å². The summed E-state index contributed by atoms with van der Waals surface area (Å²) >= 11 is 1.74. The van der Waals surface area contributed by atoms with Gasteiger partial charge >= 0.3 is 0 Å². The second-order valence-electron chi connectivity index (χ2n) is 5.27. The number of thiophene rings is 1. The van der Waals surface area contributed by atoms with Crippen LogP contribution in [0.25, 0.3) is 11.4 Å². The predicted molar refractivity (Wildman–Crippen MR) is 71.5 cm³/mol. The van der Waals surface area contributed by atoms with Crippen LogP contribution in [0, 0.1) is 12.8 Å². The van der Waals surface area contributed by atoms with Crippen LogP contribution in [-0.2, 0) is 6.54 Å². The van der Waals surface area contributed by atoms with E-state index in [1.165, 1.54) is 24.0 Å². The first-order chi connectivity index (χ1) is 8.84. The van der Waals surface area contributed by atoms with Gasteiger partial charge in [0.15, 0.2) is 11.6 Å². The third-order valence-electron chi connectivity index (χ3n) is 3.95. The lowest BCUT2D eigenvalue weighted by atomic mass is 10.1. The molecule has 0 spiro atoms. The summed E-state index contributed by atoms with van der Waals surface area (Å²) < 4.78 is 2.31. The predicted octanol–water partition coefficient (Wildman–Crippen LogP) is 2.37. The maximum Gasteiger partial charge on any atom is 0.165 e. The van der Waals surface area contributed by atoms with E-state index in [2.05, 4.69) is 37.8 Å². The molecule has 1 atom stereocenters. The number of hydrogen-bond donors (Lipinski definition) is 1. The first-order valence-electron chi connectivity index (χ1n) is 6.54. The number of rotatable bonds is 2. The van der Waals surface area contributed by atoms with E-state index in [1.54, 1.807) is 11.3 Å². The summed E-state index contributed by atoms with van der Waals surface area (Å²) in [6, 6.07) is 0.430. The average Bonchev–Trinajstić information content (AvgIpc) is 3.01. The van der Waals surface area contributed by atoms with Gasteiger partial charge in [-0.05, 0) is 36.6 Å². The Bertz CT molecular complexity index is 582. The van der Waals surface area contributed by atoms with E-state index in [-0.39, 0.29) is 0 Å². The Hall–Kier alpha value is -1.20. The number of aryl methyl sites for hydroxylation is 1. The van der Waals surface area contributed by atoms with E-state index < -0.39 is 0 Å². The normalized spacial score (nSPS) is 23.1. The van der Waals surface area contributed by atoms with Crippen molar-refractivity contribution in [2.75, 3.05) is 6.54 Å². The maximum absolute atomic E-state index is 4.45. The molecule has 0 aromatic carbocycles. The second-order valence-corrected chi connectivity index (χ2v) is 6.01. The van der Waals surface area contributed by atoms with Crippen molar-refractivity contribution in [3.05, 3.63) is 22.1 Å². The molecular weight excluding hydrogens is 244 g/mol. The first kappa shape index (κ1) is 10.7. The number of nitrogens with one attached hydrogen (secondary N) is 1. The molecule has 4 rings (SSSR count). The molecular formula is C13H16N4S. The number of fused-ring (bicyclic) bond motifs is 1. The topological polar surface area (TPSA) is 42.7 Å². The summed E-state index contributed by atoms with van der Waals surface area (Å²) in [5.41, 5.74) is 2.55. The molecule has 0 saturated heterocycles. The Morgan fingerprint density at radius 3 is 2.94 bits per heavy atom. The monoisotopic (exact) mass is 260 g/mol. The van der Waals surface area contributed by atoms with E-state index in [1.807, 2.05) is 0 Å². The Balaban J connectivity index is 1.80. The van der Waals surface area contributed by atoms with E-state index in [4.69, 9.17) is 0 Å². The van der Waals surface area contributed by atoms with Crippen LogP contribution in [-0.4, -0.2) is 21.3 Å². The summed E-state index contributed by atoms with van der Waals surface area (Å²) in [4.78, 5) is 0. The van der Waals surface area contributed by atoms with Crippen LogP contribution in [0.1, 0.15) is 30.3 Å². The van der Waals surface area contributed by atoms with Gasteiger partial charge in [-0.25, -0.2) is 0 Å². The quantitative estimate of drug-likeness (QED) is 0.901. The maximum atomic E-state index is 4.45. The van der Waals surface area contributed by atoms with E-state index >= 15 is 0 Å². The van der Waals surface area contributed by atoms with Gasteiger partial charge in [0, 0.05) is 24.0 Å². The van der Waals surface area contributed by atoms with Gasteiger partial charge in [0.25, 0.3) is 0 Å². The van der Waals surface area contributed by atoms with Crippen molar-refractivity contribution >= 4 is 11.3 Å². The first-order valence-corrected chi connectivity index (χ1v) is 7.48. The largest absolute Gasteiger partial charge is 0.308 e. The Morgan fingerprint density at radius 2 is 2.22 bits per heavy atom. The van der Waals surface area contributed by atoms with Gasteiger partial charge in [-0.15, -0.1) is 10.2 Å². The lowest BCUT2D eigenvalue weighted by Gasteiger charge is -2.24. The fourth-order valence-electron chi connectivity index (χ4n) is 2.78. The highest BCUT2D eigenvalue weighted by molar-refractivity contribution is 7.08. The van der Waals surface area contributed by atoms with Crippen molar-refractivity contribution in [3.8, 4) is 11.4 Å². The van der Waals surface area contributed by atoms with Gasteiger partial charge in [-0.1, -0.05) is 0 Å². The van der Waals surface area contributed by atoms with Gasteiger partial charge in [-0.3, -0.25) is 0 Å². The van der Waals surface area contributed by atoms with Crippen LogP contribution in [0.3, 0.4) is 0 Å². The van der Waals surface area contributed by atoms with E-state index in [9.17, 15) is 0 Å². The zero-order chi connectivity index (χ0) is 12.1. The smallest absolute Gasteiger partial charge is 0.165 e. The highest BCUT2D eigenvalue weighted by Crippen LogP contribution is 2.42.